The fourth-order valence-electron chi connectivity index (χ4n) is 3.69. The van der Waals surface area contributed by atoms with E-state index >= 15 is 0 Å². The van der Waals surface area contributed by atoms with Crippen molar-refractivity contribution in [3.63, 3.8) is 0 Å². The lowest BCUT2D eigenvalue weighted by atomic mass is 10.3. The highest BCUT2D eigenvalue weighted by Crippen LogP contribution is 2.31. The van der Waals surface area contributed by atoms with E-state index in [9.17, 15) is 57.3 Å². The van der Waals surface area contributed by atoms with E-state index in [2.05, 4.69) is 25.7 Å². The van der Waals surface area contributed by atoms with E-state index in [1.165, 1.54) is 43.9 Å². The van der Waals surface area contributed by atoms with E-state index in [1.54, 1.807) is 30.3 Å². The number of rotatable bonds is 11. The largest absolute Gasteiger partial charge is 0.508 e. The van der Waals surface area contributed by atoms with Gasteiger partial charge in [0.05, 0.1) is 31.8 Å². The summed E-state index contributed by atoms with van der Waals surface area (Å²) in [5.41, 5.74) is -3.03. The highest BCUT2D eigenvalue weighted by Gasteiger charge is 2.30. The van der Waals surface area contributed by atoms with Gasteiger partial charge in [-0.3, -0.25) is 40.5 Å². The van der Waals surface area contributed by atoms with Crippen molar-refractivity contribution < 1.29 is 45.8 Å². The molecule has 0 aliphatic carbocycles. The second-order valence-corrected chi connectivity index (χ2v) is 13.6. The second kappa shape index (κ2) is 20.8. The molecule has 0 spiro atoms. The highest BCUT2D eigenvalue weighted by atomic mass is 35.7. The number of phenols is 1. The first kappa shape index (κ1) is 44.3. The smallest absolute Gasteiger partial charge is 0.346 e. The summed E-state index contributed by atoms with van der Waals surface area (Å²) < 4.78 is 50.9. The van der Waals surface area contributed by atoms with Crippen LogP contribution in [-0.4, -0.2) is 66.2 Å². The first-order valence-corrected chi connectivity index (χ1v) is 18.3. The number of phenolic OH excluding ortho intramolecular Hbond substituents is 1. The minimum Gasteiger partial charge on any atom is -0.508 e. The predicted molar refractivity (Wildman–Crippen MR) is 188 cm³/mol. The van der Waals surface area contributed by atoms with Crippen LogP contribution in [0.1, 0.15) is 20.8 Å². The molecule has 280 valence electrons. The van der Waals surface area contributed by atoms with Crippen molar-refractivity contribution in [3.8, 4) is 11.5 Å². The molecule has 22 heteroatoms. The van der Waals surface area contributed by atoms with E-state index in [0.717, 1.165) is 24.3 Å². The number of nitro benzene ring substituents is 4. The number of nitro groups is 4. The lowest BCUT2D eigenvalue weighted by Crippen LogP contribution is -2.21. The number of hydrogen-bond acceptors (Lipinski definition) is 15. The maximum absolute atomic E-state index is 12.1. The zero-order chi connectivity index (χ0) is 39.6. The summed E-state index contributed by atoms with van der Waals surface area (Å²) in [6.45, 7) is 10.1. The Morgan fingerprint density at radius 2 is 1.00 bits per heavy atom. The molecule has 0 aliphatic rings. The Bertz CT molecular complexity index is 2050. The van der Waals surface area contributed by atoms with E-state index in [1.807, 2.05) is 6.07 Å². The van der Waals surface area contributed by atoms with Crippen LogP contribution >= 0.6 is 10.7 Å². The Morgan fingerprint density at radius 1 is 0.615 bits per heavy atom. The molecule has 4 aromatic rings. The molecule has 1 N–H and O–H groups in total. The zero-order valence-electron chi connectivity index (χ0n) is 27.5. The number of halogens is 1. The average Bonchev–Trinajstić information content (AvgIpc) is 3.09. The van der Waals surface area contributed by atoms with Gasteiger partial charge in [0, 0.05) is 22.8 Å². The molecular weight excluding hydrogens is 754 g/mol. The maximum atomic E-state index is 12.1. The van der Waals surface area contributed by atoms with Gasteiger partial charge in [0.15, 0.2) is 9.79 Å². The minimum atomic E-state index is -4.50. The van der Waals surface area contributed by atoms with Gasteiger partial charge in [-0.05, 0) is 56.0 Å². The maximum Gasteiger partial charge on any atom is 0.346 e. The number of hydrogen-bond donors (Lipinski definition) is 1. The number of non-ortho nitro benzene ring substituents is 2. The summed E-state index contributed by atoms with van der Waals surface area (Å²) in [7, 11) is -3.87. The van der Waals surface area contributed by atoms with Crippen LogP contribution in [0, 0.1) is 40.5 Å². The predicted octanol–water partition coefficient (Wildman–Crippen LogP) is 6.44. The molecule has 0 unspecified atom stereocenters. The number of para-hydroxylation sites is 2. The first-order valence-electron chi connectivity index (χ1n) is 14.5. The highest BCUT2D eigenvalue weighted by molar-refractivity contribution is 8.13. The van der Waals surface area contributed by atoms with Crippen molar-refractivity contribution in [2.75, 3.05) is 19.6 Å². The minimum absolute atomic E-state index is 0.0323. The molecule has 52 heavy (non-hydrogen) atoms. The molecule has 0 aliphatic heterocycles. The normalized spacial score (nSPS) is 10.6. The van der Waals surface area contributed by atoms with Crippen LogP contribution in [0.25, 0.3) is 0 Å². The van der Waals surface area contributed by atoms with Gasteiger partial charge in [-0.15, -0.1) is 0 Å². The first-order chi connectivity index (χ1) is 24.3. The van der Waals surface area contributed by atoms with Crippen LogP contribution in [0.5, 0.6) is 11.5 Å². The number of nitrogens with zero attached hydrogens (tertiary/aromatic N) is 5. The SMILES string of the molecule is CCN(CC)CC.O=[N+]([O-])c1ccc(S(=O)(=O)Cl)c([N+](=O)[O-])c1.O=[N+]([O-])c1ccc(S(=O)(=O)Oc2ccccc2)c([N+](=O)[O-])c1.Oc1ccccc1. The molecule has 4 aromatic carbocycles. The fourth-order valence-corrected chi connectivity index (χ4v) is 5.77. The quantitative estimate of drug-likeness (QED) is 0.0741. The van der Waals surface area contributed by atoms with Crippen LogP contribution in [0.2, 0.25) is 0 Å². The lowest BCUT2D eigenvalue weighted by Gasteiger charge is -2.13. The van der Waals surface area contributed by atoms with Crippen molar-refractivity contribution >= 4 is 52.6 Å². The van der Waals surface area contributed by atoms with Gasteiger partial charge in [-0.1, -0.05) is 57.2 Å². The molecule has 0 bridgehead atoms. The molecule has 0 amide bonds. The van der Waals surface area contributed by atoms with Crippen molar-refractivity contribution in [2.45, 2.75) is 30.6 Å². The van der Waals surface area contributed by atoms with Gasteiger partial charge >= 0.3 is 10.1 Å². The molecule has 19 nitrogen and oxygen atoms in total. The number of aromatic hydroxyl groups is 1. The topological polar surface area (TPSA) is 274 Å². The molecule has 0 saturated heterocycles. The summed E-state index contributed by atoms with van der Waals surface area (Å²) >= 11 is 0. The fraction of sp³-hybridized carbons (Fsp3) is 0.200. The third-order valence-electron chi connectivity index (χ3n) is 6.28. The molecular formula is C30H32ClN5O14S2. The lowest BCUT2D eigenvalue weighted by molar-refractivity contribution is -0.396. The average molecular weight is 786 g/mol. The van der Waals surface area contributed by atoms with Crippen molar-refractivity contribution in [1.29, 1.82) is 0 Å². The Hall–Kier alpha value is -5.77. The third kappa shape index (κ3) is 14.6. The molecule has 0 atom stereocenters. The van der Waals surface area contributed by atoms with E-state index in [4.69, 9.17) is 20.0 Å². The molecule has 4 rings (SSSR count). The van der Waals surface area contributed by atoms with Crippen molar-refractivity contribution in [1.82, 2.24) is 4.90 Å². The summed E-state index contributed by atoms with van der Waals surface area (Å²) in [6.07, 6.45) is 0. The Labute approximate surface area is 301 Å². The molecule has 0 heterocycles. The molecule has 0 saturated carbocycles. The molecule has 0 aromatic heterocycles. The van der Waals surface area contributed by atoms with Crippen molar-refractivity contribution in [2.24, 2.45) is 0 Å². The van der Waals surface area contributed by atoms with Gasteiger partial charge in [0.25, 0.3) is 31.8 Å². The van der Waals surface area contributed by atoms with Gasteiger partial charge in [0.1, 0.15) is 11.5 Å². The van der Waals surface area contributed by atoms with Crippen LogP contribution in [0.3, 0.4) is 0 Å². The van der Waals surface area contributed by atoms with Crippen molar-refractivity contribution in [3.05, 3.63) is 138 Å². The summed E-state index contributed by atoms with van der Waals surface area (Å²) in [4.78, 5) is 39.5. The molecule has 0 radical (unpaired) electrons. The monoisotopic (exact) mass is 785 g/mol. The van der Waals surface area contributed by atoms with Crippen LogP contribution in [0.4, 0.5) is 22.7 Å². The Kier molecular flexibility index (Phi) is 17.7. The van der Waals surface area contributed by atoms with Crippen LogP contribution in [0.15, 0.2) is 107 Å². The standard InChI is InChI=1S/C12H8N2O7S.C6H3ClN2O6S.C6H15N.C6H6O/c15-13(16)9-6-7-12(11(8-9)14(17)18)22(19,20)21-10-4-2-1-3-5-10;7-16(14,15)6-2-1-4(8(10)11)3-5(6)9(12)13;1-4-7(5-2)6-3;7-6-4-2-1-3-5-6/h1-8H;1-3H;4-6H2,1-3H3;1-5,7H. The van der Waals surface area contributed by atoms with E-state index in [0.29, 0.717) is 17.9 Å². The van der Waals surface area contributed by atoms with E-state index in [-0.39, 0.29) is 5.75 Å². The Morgan fingerprint density at radius 3 is 1.31 bits per heavy atom. The third-order valence-corrected chi connectivity index (χ3v) is 8.94. The summed E-state index contributed by atoms with van der Waals surface area (Å²) in [5, 5.41) is 51.1. The van der Waals surface area contributed by atoms with Crippen LogP contribution in [-0.2, 0) is 19.2 Å². The van der Waals surface area contributed by atoms with Crippen LogP contribution < -0.4 is 4.18 Å². The van der Waals surface area contributed by atoms with E-state index < -0.39 is 71.4 Å². The molecule has 0 fully saturated rings. The summed E-state index contributed by atoms with van der Waals surface area (Å²) in [5.74, 6) is 0.289. The van der Waals surface area contributed by atoms with Gasteiger partial charge < -0.3 is 14.2 Å². The van der Waals surface area contributed by atoms with Gasteiger partial charge in [0.2, 0.25) is 0 Å². The van der Waals surface area contributed by atoms with Gasteiger partial charge in [-0.2, -0.15) is 8.42 Å². The second-order valence-electron chi connectivity index (χ2n) is 9.58. The Balaban J connectivity index is 0.000000390. The summed E-state index contributed by atoms with van der Waals surface area (Å²) in [6, 6.07) is 20.4. The number of benzene rings is 4. The zero-order valence-corrected chi connectivity index (χ0v) is 29.9. The van der Waals surface area contributed by atoms with Gasteiger partial charge in [-0.25, -0.2) is 8.42 Å².